The minimum atomic E-state index is -0.251. The molecule has 0 atom stereocenters. The van der Waals surface area contributed by atoms with E-state index in [9.17, 15) is 4.39 Å². The first kappa shape index (κ1) is 9.96. The molecule has 0 saturated carbocycles. The topological polar surface area (TPSA) is 41.6 Å². The number of aromatic amines is 1. The maximum atomic E-state index is 13.3. The molecule has 0 aliphatic heterocycles. The van der Waals surface area contributed by atoms with Crippen molar-refractivity contribution in [2.45, 2.75) is 6.92 Å². The van der Waals surface area contributed by atoms with Gasteiger partial charge in [-0.25, -0.2) is 9.37 Å². The molecule has 3 rings (SSSR count). The van der Waals surface area contributed by atoms with Gasteiger partial charge in [-0.15, -0.1) is 0 Å². The largest absolute Gasteiger partial charge is 0.337 e. The third-order valence-electron chi connectivity index (χ3n) is 2.60. The van der Waals surface area contributed by atoms with Gasteiger partial charge in [-0.05, 0) is 36.8 Å². The van der Waals surface area contributed by atoms with E-state index in [1.165, 1.54) is 12.1 Å². The number of pyridine rings is 1. The number of aromatic nitrogens is 3. The molecule has 0 unspecified atom stereocenters. The van der Waals surface area contributed by atoms with Gasteiger partial charge in [0.1, 0.15) is 11.6 Å². The molecule has 0 radical (unpaired) electrons. The molecule has 3 nitrogen and oxygen atoms in total. The molecular weight excluding hydrogens is 217 g/mol. The molecule has 0 fully saturated rings. The van der Waals surface area contributed by atoms with Crippen LogP contribution in [0.1, 0.15) is 5.56 Å². The number of rotatable bonds is 1. The smallest absolute Gasteiger partial charge is 0.138 e. The highest BCUT2D eigenvalue weighted by Crippen LogP contribution is 2.21. The Labute approximate surface area is 97.3 Å². The van der Waals surface area contributed by atoms with Crippen LogP contribution >= 0.6 is 0 Å². The molecule has 2 heterocycles. The summed E-state index contributed by atoms with van der Waals surface area (Å²) < 4.78 is 13.3. The molecule has 0 aliphatic carbocycles. The predicted molar refractivity (Wildman–Crippen MR) is 64.0 cm³/mol. The number of halogens is 1. The summed E-state index contributed by atoms with van der Waals surface area (Å²) in [7, 11) is 0. The van der Waals surface area contributed by atoms with E-state index in [0.717, 1.165) is 22.2 Å². The minimum Gasteiger partial charge on any atom is -0.337 e. The molecule has 17 heavy (non-hydrogen) atoms. The fraction of sp³-hybridized carbons (Fsp3) is 0.0769. The number of benzene rings is 1. The number of hydrogen-bond acceptors (Lipinski definition) is 2. The van der Waals surface area contributed by atoms with Crippen molar-refractivity contribution < 1.29 is 4.39 Å². The quantitative estimate of drug-likeness (QED) is 0.694. The molecule has 0 aliphatic rings. The van der Waals surface area contributed by atoms with E-state index in [4.69, 9.17) is 0 Å². The van der Waals surface area contributed by atoms with Gasteiger partial charge in [-0.2, -0.15) is 0 Å². The number of fused-ring (bicyclic) bond motifs is 1. The summed E-state index contributed by atoms with van der Waals surface area (Å²) in [5.74, 6) is 0.411. The van der Waals surface area contributed by atoms with Gasteiger partial charge >= 0.3 is 0 Å². The average Bonchev–Trinajstić information content (AvgIpc) is 2.71. The van der Waals surface area contributed by atoms with Crippen LogP contribution in [0.3, 0.4) is 0 Å². The molecule has 3 aromatic rings. The van der Waals surface area contributed by atoms with Gasteiger partial charge in [0.25, 0.3) is 0 Å². The van der Waals surface area contributed by atoms with Crippen molar-refractivity contribution in [3.8, 4) is 11.4 Å². The number of nitrogens with zero attached hydrogens (tertiary/aromatic N) is 2. The van der Waals surface area contributed by atoms with Crippen LogP contribution in [0.4, 0.5) is 4.39 Å². The molecule has 1 aromatic carbocycles. The number of H-pyrrole nitrogens is 1. The highest BCUT2D eigenvalue weighted by molar-refractivity contribution is 5.78. The monoisotopic (exact) mass is 227 g/mol. The van der Waals surface area contributed by atoms with Crippen LogP contribution in [0.15, 0.2) is 36.7 Å². The summed E-state index contributed by atoms with van der Waals surface area (Å²) in [6, 6.07) is 6.68. The highest BCUT2D eigenvalue weighted by atomic mass is 19.1. The molecule has 2 aromatic heterocycles. The lowest BCUT2D eigenvalue weighted by atomic mass is 10.1. The molecular formula is C13H10FN3. The normalized spacial score (nSPS) is 10.9. The maximum absolute atomic E-state index is 13.3. The first-order chi connectivity index (χ1) is 8.22. The Balaban J connectivity index is 2.20. The Hall–Kier alpha value is -2.23. The van der Waals surface area contributed by atoms with Crippen molar-refractivity contribution in [2.24, 2.45) is 0 Å². The zero-order valence-electron chi connectivity index (χ0n) is 9.24. The molecule has 0 amide bonds. The van der Waals surface area contributed by atoms with Crippen LogP contribution in [0.2, 0.25) is 0 Å². The third-order valence-corrected chi connectivity index (χ3v) is 2.60. The molecule has 4 heteroatoms. The summed E-state index contributed by atoms with van der Waals surface area (Å²) in [4.78, 5) is 11.5. The second-order valence-corrected chi connectivity index (χ2v) is 4.00. The van der Waals surface area contributed by atoms with Crippen molar-refractivity contribution in [3.05, 3.63) is 48.0 Å². The number of imidazole rings is 1. The zero-order valence-corrected chi connectivity index (χ0v) is 9.24. The van der Waals surface area contributed by atoms with Crippen LogP contribution in [0.5, 0.6) is 0 Å². The Morgan fingerprint density at radius 1 is 1.24 bits per heavy atom. The standard InChI is InChI=1S/C13H10FN3/c1-8-4-9(6-10(14)5-8)13-16-11-2-3-15-7-12(11)17-13/h2-7H,1H3,(H,16,17). The van der Waals surface area contributed by atoms with E-state index in [0.29, 0.717) is 5.82 Å². The molecule has 0 bridgehead atoms. The summed E-state index contributed by atoms with van der Waals surface area (Å²) in [5, 5.41) is 0. The van der Waals surface area contributed by atoms with Gasteiger partial charge in [0.05, 0.1) is 17.2 Å². The Morgan fingerprint density at radius 3 is 2.88 bits per heavy atom. The van der Waals surface area contributed by atoms with Gasteiger partial charge in [0.2, 0.25) is 0 Å². The lowest BCUT2D eigenvalue weighted by Crippen LogP contribution is -1.84. The van der Waals surface area contributed by atoms with E-state index >= 15 is 0 Å². The van der Waals surface area contributed by atoms with Crippen molar-refractivity contribution in [3.63, 3.8) is 0 Å². The van der Waals surface area contributed by atoms with Crippen LogP contribution in [-0.2, 0) is 0 Å². The Bertz CT molecular complexity index is 635. The SMILES string of the molecule is Cc1cc(F)cc(-c2nc3ccncc3[nH]2)c1. The summed E-state index contributed by atoms with van der Waals surface area (Å²) in [5.41, 5.74) is 3.30. The fourth-order valence-corrected chi connectivity index (χ4v) is 1.87. The van der Waals surface area contributed by atoms with Crippen molar-refractivity contribution >= 4 is 11.0 Å². The first-order valence-corrected chi connectivity index (χ1v) is 5.30. The van der Waals surface area contributed by atoms with Crippen LogP contribution in [0, 0.1) is 12.7 Å². The number of hydrogen-bond donors (Lipinski definition) is 1. The van der Waals surface area contributed by atoms with Crippen LogP contribution in [0.25, 0.3) is 22.4 Å². The lowest BCUT2D eigenvalue weighted by molar-refractivity contribution is 0.627. The predicted octanol–water partition coefficient (Wildman–Crippen LogP) is 3.07. The van der Waals surface area contributed by atoms with E-state index in [1.807, 2.05) is 19.1 Å². The number of nitrogens with one attached hydrogen (secondary N) is 1. The maximum Gasteiger partial charge on any atom is 0.138 e. The van der Waals surface area contributed by atoms with E-state index < -0.39 is 0 Å². The van der Waals surface area contributed by atoms with Gasteiger partial charge < -0.3 is 4.98 Å². The second-order valence-electron chi connectivity index (χ2n) is 4.00. The van der Waals surface area contributed by atoms with Crippen LogP contribution < -0.4 is 0 Å². The minimum absolute atomic E-state index is 0.251. The summed E-state index contributed by atoms with van der Waals surface area (Å²) >= 11 is 0. The van der Waals surface area contributed by atoms with Crippen molar-refractivity contribution in [1.82, 2.24) is 15.0 Å². The van der Waals surface area contributed by atoms with Crippen LogP contribution in [-0.4, -0.2) is 15.0 Å². The number of aryl methyl sites for hydroxylation is 1. The molecule has 1 N–H and O–H groups in total. The third kappa shape index (κ3) is 1.78. The summed E-state index contributed by atoms with van der Waals surface area (Å²) in [6.07, 6.45) is 3.39. The molecule has 0 spiro atoms. The summed E-state index contributed by atoms with van der Waals surface area (Å²) in [6.45, 7) is 1.86. The van der Waals surface area contributed by atoms with E-state index in [-0.39, 0.29) is 5.82 Å². The van der Waals surface area contributed by atoms with Gasteiger partial charge in [0.15, 0.2) is 0 Å². The van der Waals surface area contributed by atoms with Crippen molar-refractivity contribution in [2.75, 3.05) is 0 Å². The van der Waals surface area contributed by atoms with Gasteiger partial charge in [0, 0.05) is 11.8 Å². The highest BCUT2D eigenvalue weighted by Gasteiger charge is 2.06. The van der Waals surface area contributed by atoms with E-state index in [1.54, 1.807) is 12.4 Å². The van der Waals surface area contributed by atoms with Crippen molar-refractivity contribution in [1.29, 1.82) is 0 Å². The Kier molecular flexibility index (Phi) is 2.14. The first-order valence-electron chi connectivity index (χ1n) is 5.30. The van der Waals surface area contributed by atoms with Gasteiger partial charge in [-0.1, -0.05) is 0 Å². The molecule has 0 saturated heterocycles. The Morgan fingerprint density at radius 2 is 2.12 bits per heavy atom. The lowest BCUT2D eigenvalue weighted by Gasteiger charge is -1.99. The zero-order chi connectivity index (χ0) is 11.8. The average molecular weight is 227 g/mol. The second kappa shape index (κ2) is 3.66. The fourth-order valence-electron chi connectivity index (χ4n) is 1.87. The van der Waals surface area contributed by atoms with Gasteiger partial charge in [-0.3, -0.25) is 4.98 Å². The molecule has 84 valence electrons. The van der Waals surface area contributed by atoms with E-state index in [2.05, 4.69) is 15.0 Å².